The highest BCUT2D eigenvalue weighted by molar-refractivity contribution is 7.92. The molecule has 0 aliphatic heterocycles. The molecule has 3 aromatic rings. The lowest BCUT2D eigenvalue weighted by Gasteiger charge is -2.33. The maximum Gasteiger partial charge on any atom is 0.264 e. The van der Waals surface area contributed by atoms with Gasteiger partial charge in [-0.15, -0.1) is 0 Å². The smallest absolute Gasteiger partial charge is 0.264 e. The largest absolute Gasteiger partial charge is 0.352 e. The molecule has 3 aromatic carbocycles. The topological polar surface area (TPSA) is 86.8 Å². The third-order valence-corrected chi connectivity index (χ3v) is 7.80. The molecule has 2 amide bonds. The maximum atomic E-state index is 13.9. The summed E-state index contributed by atoms with van der Waals surface area (Å²) in [6.45, 7) is 6.94. The van der Waals surface area contributed by atoms with E-state index >= 15 is 0 Å². The Morgan fingerprint density at radius 2 is 1.53 bits per heavy atom. The molecule has 1 N–H and O–H groups in total. The molecule has 1 atom stereocenters. The third kappa shape index (κ3) is 7.19. The van der Waals surface area contributed by atoms with E-state index in [0.717, 1.165) is 27.6 Å². The Labute approximate surface area is 224 Å². The van der Waals surface area contributed by atoms with E-state index in [4.69, 9.17) is 0 Å². The van der Waals surface area contributed by atoms with E-state index in [0.29, 0.717) is 6.42 Å². The Hall–Kier alpha value is -3.72. The molecule has 7 nitrogen and oxygen atoms in total. The Kier molecular flexibility index (Phi) is 9.63. The molecule has 9 heteroatoms. The van der Waals surface area contributed by atoms with Crippen molar-refractivity contribution in [1.82, 2.24) is 10.2 Å². The van der Waals surface area contributed by atoms with Gasteiger partial charge in [0.2, 0.25) is 11.8 Å². The minimum atomic E-state index is -4.24. The van der Waals surface area contributed by atoms with Crippen LogP contribution >= 0.6 is 0 Å². The monoisotopic (exact) mass is 539 g/mol. The van der Waals surface area contributed by atoms with Gasteiger partial charge in [0, 0.05) is 12.6 Å². The highest BCUT2D eigenvalue weighted by atomic mass is 32.2. The molecule has 0 aromatic heterocycles. The van der Waals surface area contributed by atoms with E-state index in [1.165, 1.54) is 17.0 Å². The fourth-order valence-electron chi connectivity index (χ4n) is 4.05. The highest BCUT2D eigenvalue weighted by Gasteiger charge is 2.33. The van der Waals surface area contributed by atoms with Gasteiger partial charge in [-0.1, -0.05) is 55.0 Å². The second-order valence-electron chi connectivity index (χ2n) is 9.40. The first-order chi connectivity index (χ1) is 18.0. The van der Waals surface area contributed by atoms with Gasteiger partial charge < -0.3 is 10.2 Å². The van der Waals surface area contributed by atoms with Gasteiger partial charge in [-0.25, -0.2) is 12.8 Å². The standard InChI is InChI=1S/C29H34FN3O4S/c1-5-27(29(35)31-21(2)3)32(19-23-9-7-6-8-10-23)28(34)20-33(25-15-11-22(4)12-16-25)38(36,37)26-17-13-24(30)14-18-26/h6-18,21,27H,5,19-20H2,1-4H3,(H,31,35). The van der Waals surface area contributed by atoms with Crippen LogP contribution in [0.5, 0.6) is 0 Å². The Morgan fingerprint density at radius 3 is 2.08 bits per heavy atom. The molecule has 1 unspecified atom stereocenters. The first-order valence-corrected chi connectivity index (χ1v) is 14.0. The number of rotatable bonds is 11. The number of carbonyl (C=O) groups is 2. The molecule has 0 fully saturated rings. The summed E-state index contributed by atoms with van der Waals surface area (Å²) in [6, 6.07) is 19.5. The molecular formula is C29H34FN3O4S. The summed E-state index contributed by atoms with van der Waals surface area (Å²) in [6.07, 6.45) is 0.340. The summed E-state index contributed by atoms with van der Waals surface area (Å²) >= 11 is 0. The number of hydrogen-bond acceptors (Lipinski definition) is 4. The molecule has 0 radical (unpaired) electrons. The van der Waals surface area contributed by atoms with Gasteiger partial charge in [0.05, 0.1) is 10.6 Å². The van der Waals surface area contributed by atoms with Crippen molar-refractivity contribution in [3.05, 3.63) is 95.8 Å². The zero-order valence-electron chi connectivity index (χ0n) is 22.1. The fourth-order valence-corrected chi connectivity index (χ4v) is 5.47. The lowest BCUT2D eigenvalue weighted by atomic mass is 10.1. The number of aryl methyl sites for hydroxylation is 1. The lowest BCUT2D eigenvalue weighted by molar-refractivity contribution is -0.140. The predicted octanol–water partition coefficient (Wildman–Crippen LogP) is 4.66. The molecule has 0 heterocycles. The number of anilines is 1. The van der Waals surface area contributed by atoms with Gasteiger partial charge in [0.15, 0.2) is 0 Å². The van der Waals surface area contributed by atoms with Crippen LogP contribution < -0.4 is 9.62 Å². The molecule has 0 bridgehead atoms. The van der Waals surface area contributed by atoms with Crippen LogP contribution in [0.15, 0.2) is 83.8 Å². The van der Waals surface area contributed by atoms with Gasteiger partial charge in [-0.3, -0.25) is 13.9 Å². The van der Waals surface area contributed by atoms with Crippen molar-refractivity contribution in [3.8, 4) is 0 Å². The van der Waals surface area contributed by atoms with E-state index in [1.807, 2.05) is 58.0 Å². The van der Waals surface area contributed by atoms with E-state index in [9.17, 15) is 22.4 Å². The zero-order chi connectivity index (χ0) is 27.9. The van der Waals surface area contributed by atoms with Crippen LogP contribution in [0, 0.1) is 12.7 Å². The summed E-state index contributed by atoms with van der Waals surface area (Å²) in [5.41, 5.74) is 2.01. The van der Waals surface area contributed by atoms with Crippen molar-refractivity contribution < 1.29 is 22.4 Å². The van der Waals surface area contributed by atoms with Crippen molar-refractivity contribution in [2.45, 2.75) is 57.6 Å². The normalized spacial score (nSPS) is 12.2. The number of benzene rings is 3. The summed E-state index contributed by atoms with van der Waals surface area (Å²) < 4.78 is 42.0. The number of nitrogens with one attached hydrogen (secondary N) is 1. The average molecular weight is 540 g/mol. The molecule has 3 rings (SSSR count). The van der Waals surface area contributed by atoms with Crippen LogP contribution in [0.25, 0.3) is 0 Å². The molecule has 0 spiro atoms. The summed E-state index contributed by atoms with van der Waals surface area (Å²) in [4.78, 5) is 28.3. The van der Waals surface area contributed by atoms with Crippen LogP contribution in [-0.2, 0) is 26.2 Å². The van der Waals surface area contributed by atoms with Gasteiger partial charge in [-0.2, -0.15) is 0 Å². The van der Waals surface area contributed by atoms with E-state index < -0.39 is 34.3 Å². The number of sulfonamides is 1. The van der Waals surface area contributed by atoms with Crippen LogP contribution in [0.4, 0.5) is 10.1 Å². The summed E-state index contributed by atoms with van der Waals surface area (Å²) in [5, 5.41) is 2.87. The van der Waals surface area contributed by atoms with Crippen LogP contribution in [-0.4, -0.2) is 43.8 Å². The van der Waals surface area contributed by atoms with E-state index in [2.05, 4.69) is 5.32 Å². The van der Waals surface area contributed by atoms with Gasteiger partial charge in [0.1, 0.15) is 18.4 Å². The maximum absolute atomic E-state index is 13.9. The number of amides is 2. The van der Waals surface area contributed by atoms with Crippen molar-refractivity contribution in [2.75, 3.05) is 10.8 Å². The minimum absolute atomic E-state index is 0.127. The highest BCUT2D eigenvalue weighted by Crippen LogP contribution is 2.25. The Morgan fingerprint density at radius 1 is 0.921 bits per heavy atom. The van der Waals surface area contributed by atoms with E-state index in [-0.39, 0.29) is 29.1 Å². The number of halogens is 1. The van der Waals surface area contributed by atoms with Crippen molar-refractivity contribution in [1.29, 1.82) is 0 Å². The van der Waals surface area contributed by atoms with Crippen molar-refractivity contribution in [2.24, 2.45) is 0 Å². The second kappa shape index (κ2) is 12.7. The predicted molar refractivity (Wildman–Crippen MR) is 146 cm³/mol. The van der Waals surface area contributed by atoms with Crippen LogP contribution in [0.1, 0.15) is 38.3 Å². The molecule has 0 saturated carbocycles. The number of carbonyl (C=O) groups excluding carboxylic acids is 2. The molecule has 0 aliphatic carbocycles. The van der Waals surface area contributed by atoms with Gasteiger partial charge in [-0.05, 0) is 69.2 Å². The summed E-state index contributed by atoms with van der Waals surface area (Å²) in [5.74, 6) is -1.42. The van der Waals surface area contributed by atoms with Crippen molar-refractivity contribution in [3.63, 3.8) is 0 Å². The van der Waals surface area contributed by atoms with Gasteiger partial charge in [0.25, 0.3) is 10.0 Å². The third-order valence-electron chi connectivity index (χ3n) is 6.02. The Bertz CT molecular complexity index is 1330. The van der Waals surface area contributed by atoms with E-state index in [1.54, 1.807) is 24.3 Å². The second-order valence-corrected chi connectivity index (χ2v) is 11.3. The van der Waals surface area contributed by atoms with Crippen molar-refractivity contribution >= 4 is 27.5 Å². The van der Waals surface area contributed by atoms with Crippen LogP contribution in [0.2, 0.25) is 0 Å². The Balaban J connectivity index is 2.04. The van der Waals surface area contributed by atoms with Gasteiger partial charge >= 0.3 is 0 Å². The quantitative estimate of drug-likeness (QED) is 0.384. The number of hydrogen-bond donors (Lipinski definition) is 1. The molecule has 0 saturated heterocycles. The van der Waals surface area contributed by atoms with Crippen LogP contribution in [0.3, 0.4) is 0 Å². The molecule has 0 aliphatic rings. The SMILES string of the molecule is CCC(C(=O)NC(C)C)N(Cc1ccccc1)C(=O)CN(c1ccc(C)cc1)S(=O)(=O)c1ccc(F)cc1. The zero-order valence-corrected chi connectivity index (χ0v) is 22.9. The minimum Gasteiger partial charge on any atom is -0.352 e. The molecular weight excluding hydrogens is 505 g/mol. The molecule has 202 valence electrons. The average Bonchev–Trinajstić information content (AvgIpc) is 2.88. The first-order valence-electron chi connectivity index (χ1n) is 12.5. The lowest BCUT2D eigenvalue weighted by Crippen LogP contribution is -2.53. The summed E-state index contributed by atoms with van der Waals surface area (Å²) in [7, 11) is -4.24. The number of nitrogens with zero attached hydrogens (tertiary/aromatic N) is 2. The fraction of sp³-hybridized carbons (Fsp3) is 0.310. The molecule has 38 heavy (non-hydrogen) atoms. The first kappa shape index (κ1) is 28.8.